The number of alkyl halides is 3. The highest BCUT2D eigenvalue weighted by molar-refractivity contribution is 5.77. The smallest absolute Gasteiger partial charge is 0.436 e. The molecule has 34 heavy (non-hydrogen) atoms. The van der Waals surface area contributed by atoms with Crippen molar-refractivity contribution in [2.24, 2.45) is 10.8 Å². The van der Waals surface area contributed by atoms with Crippen LogP contribution in [-0.2, 0) is 12.7 Å². The van der Waals surface area contributed by atoms with Gasteiger partial charge in [0, 0.05) is 61.9 Å². The first-order valence-electron chi connectivity index (χ1n) is 11.9. The Bertz CT molecular complexity index is 1110. The van der Waals surface area contributed by atoms with E-state index in [9.17, 15) is 18.0 Å². The summed E-state index contributed by atoms with van der Waals surface area (Å²) in [6.45, 7) is 4.77. The van der Waals surface area contributed by atoms with Gasteiger partial charge in [0.25, 0.3) is 0 Å². The third kappa shape index (κ3) is 3.32. The second-order valence-electron chi connectivity index (χ2n) is 11.2. The van der Waals surface area contributed by atoms with E-state index in [2.05, 4.69) is 20.2 Å². The first-order chi connectivity index (χ1) is 16.2. The van der Waals surface area contributed by atoms with Crippen molar-refractivity contribution >= 4 is 6.03 Å². The molecule has 1 N–H and O–H groups in total. The van der Waals surface area contributed by atoms with Crippen LogP contribution < -0.4 is 0 Å². The fourth-order valence-corrected chi connectivity index (χ4v) is 6.35. The Morgan fingerprint density at radius 2 is 1.71 bits per heavy atom. The molecule has 2 aromatic heterocycles. The molecule has 182 valence electrons. The topological polar surface area (TPSA) is 94.4 Å². The Morgan fingerprint density at radius 1 is 1.03 bits per heavy atom. The number of carbonyl (C=O) groups excluding carboxylic acids is 1. The molecule has 0 atom stereocenters. The Morgan fingerprint density at radius 3 is 2.32 bits per heavy atom. The van der Waals surface area contributed by atoms with Crippen LogP contribution in [0.25, 0.3) is 0 Å². The average molecular weight is 477 g/mol. The number of hydrogen-bond donors (Lipinski definition) is 1. The van der Waals surface area contributed by atoms with Crippen LogP contribution in [-0.4, -0.2) is 80.2 Å². The number of hydrogen-bond acceptors (Lipinski definition) is 6. The monoisotopic (exact) mass is 477 g/mol. The molecular formula is C22H26F3N7O2. The SMILES string of the molecule is O=C(N1CC2(CC(c3n[nH]c(C4CC4)n3)C2)C1)N1CC2(CN(Cc3nc(C(F)(F)F)co3)C2)C1. The van der Waals surface area contributed by atoms with E-state index in [-0.39, 0.29) is 29.3 Å². The molecule has 0 radical (unpaired) electrons. The maximum Gasteiger partial charge on any atom is 0.436 e. The minimum Gasteiger partial charge on any atom is -0.447 e. The predicted molar refractivity (Wildman–Crippen MR) is 111 cm³/mol. The first kappa shape index (κ1) is 20.7. The lowest BCUT2D eigenvalue weighted by molar-refractivity contribution is -0.141. The molecule has 2 amide bonds. The molecule has 12 heteroatoms. The average Bonchev–Trinajstić information content (AvgIpc) is 3.19. The van der Waals surface area contributed by atoms with Crippen molar-refractivity contribution in [3.05, 3.63) is 29.5 Å². The van der Waals surface area contributed by atoms with Crippen LogP contribution in [0.5, 0.6) is 0 Å². The molecule has 9 nitrogen and oxygen atoms in total. The van der Waals surface area contributed by atoms with Gasteiger partial charge in [-0.1, -0.05) is 0 Å². The van der Waals surface area contributed by atoms with Crippen LogP contribution in [0, 0.1) is 10.8 Å². The van der Waals surface area contributed by atoms with Crippen molar-refractivity contribution in [3.8, 4) is 0 Å². The largest absolute Gasteiger partial charge is 0.447 e. The number of H-pyrrole nitrogens is 1. The molecule has 5 heterocycles. The van der Waals surface area contributed by atoms with Crippen LogP contribution in [0.15, 0.2) is 10.7 Å². The highest BCUT2D eigenvalue weighted by atomic mass is 19.4. The molecule has 5 aliphatic rings. The zero-order valence-electron chi connectivity index (χ0n) is 18.6. The summed E-state index contributed by atoms with van der Waals surface area (Å²) in [5.41, 5.74) is -0.696. The molecule has 2 aromatic rings. The van der Waals surface area contributed by atoms with Crippen molar-refractivity contribution < 1.29 is 22.4 Å². The Balaban J connectivity index is 0.844. The molecule has 3 aliphatic heterocycles. The number of likely N-dealkylation sites (tertiary alicyclic amines) is 3. The number of nitrogens with one attached hydrogen (secondary N) is 1. The minimum atomic E-state index is -4.49. The van der Waals surface area contributed by atoms with Crippen LogP contribution >= 0.6 is 0 Å². The highest BCUT2D eigenvalue weighted by Gasteiger charge is 2.58. The van der Waals surface area contributed by atoms with Crippen LogP contribution in [0.2, 0.25) is 0 Å². The van der Waals surface area contributed by atoms with Crippen molar-refractivity contribution in [2.75, 3.05) is 39.3 Å². The number of aromatic amines is 1. The zero-order chi connectivity index (χ0) is 23.3. The van der Waals surface area contributed by atoms with Crippen molar-refractivity contribution in [3.63, 3.8) is 0 Å². The molecule has 0 bridgehead atoms. The number of aromatic nitrogens is 4. The van der Waals surface area contributed by atoms with Gasteiger partial charge in [-0.3, -0.25) is 10.00 Å². The molecule has 2 aliphatic carbocycles. The Kier molecular flexibility index (Phi) is 4.10. The zero-order valence-corrected chi connectivity index (χ0v) is 18.6. The maximum atomic E-state index is 12.8. The number of amides is 2. The van der Waals surface area contributed by atoms with Crippen LogP contribution in [0.1, 0.15) is 60.8 Å². The van der Waals surface area contributed by atoms with Gasteiger partial charge in [-0.05, 0) is 25.7 Å². The number of halogens is 3. The Labute approximate surface area is 193 Å². The fraction of sp³-hybridized carbons (Fsp3) is 0.727. The molecule has 0 unspecified atom stereocenters. The third-order valence-electron chi connectivity index (χ3n) is 8.17. The van der Waals surface area contributed by atoms with E-state index in [0.717, 1.165) is 50.7 Å². The molecule has 2 spiro atoms. The third-order valence-corrected chi connectivity index (χ3v) is 8.17. The van der Waals surface area contributed by atoms with Gasteiger partial charge in [0.15, 0.2) is 11.5 Å². The van der Waals surface area contributed by atoms with E-state index >= 15 is 0 Å². The highest BCUT2D eigenvalue weighted by Crippen LogP contribution is 2.56. The number of nitrogens with zero attached hydrogens (tertiary/aromatic N) is 6. The summed E-state index contributed by atoms with van der Waals surface area (Å²) in [5, 5.41) is 7.51. The van der Waals surface area contributed by atoms with Gasteiger partial charge in [0.1, 0.15) is 12.1 Å². The van der Waals surface area contributed by atoms with Crippen LogP contribution in [0.4, 0.5) is 18.0 Å². The van der Waals surface area contributed by atoms with Crippen molar-refractivity contribution in [2.45, 2.75) is 50.2 Å². The fourth-order valence-electron chi connectivity index (χ4n) is 6.35. The molecule has 3 saturated heterocycles. The lowest BCUT2D eigenvalue weighted by atomic mass is 9.57. The second-order valence-corrected chi connectivity index (χ2v) is 11.2. The molecule has 0 aromatic carbocycles. The lowest BCUT2D eigenvalue weighted by Gasteiger charge is -2.63. The predicted octanol–water partition coefficient (Wildman–Crippen LogP) is 2.81. The van der Waals surface area contributed by atoms with E-state index in [1.54, 1.807) is 0 Å². The maximum absolute atomic E-state index is 12.8. The summed E-state index contributed by atoms with van der Waals surface area (Å²) >= 11 is 0. The van der Waals surface area contributed by atoms with Crippen molar-refractivity contribution in [1.29, 1.82) is 0 Å². The molecular weight excluding hydrogens is 451 g/mol. The quantitative estimate of drug-likeness (QED) is 0.728. The summed E-state index contributed by atoms with van der Waals surface area (Å²) in [4.78, 5) is 26.9. The molecule has 5 fully saturated rings. The summed E-state index contributed by atoms with van der Waals surface area (Å²) in [6.07, 6.45) is 0.691. The summed E-state index contributed by atoms with van der Waals surface area (Å²) in [7, 11) is 0. The van der Waals surface area contributed by atoms with E-state index in [0.29, 0.717) is 31.2 Å². The minimum absolute atomic E-state index is 0.0596. The van der Waals surface area contributed by atoms with Gasteiger partial charge in [0.2, 0.25) is 5.89 Å². The van der Waals surface area contributed by atoms with Gasteiger partial charge >= 0.3 is 12.2 Å². The summed E-state index contributed by atoms with van der Waals surface area (Å²) in [5.74, 6) is 3.04. The number of carbonyl (C=O) groups is 1. The second kappa shape index (κ2) is 6.73. The lowest BCUT2D eigenvalue weighted by Crippen LogP contribution is -2.75. The normalized spacial score (nSPS) is 25.7. The van der Waals surface area contributed by atoms with E-state index < -0.39 is 11.9 Å². The number of rotatable bonds is 4. The van der Waals surface area contributed by atoms with Crippen LogP contribution in [0.3, 0.4) is 0 Å². The van der Waals surface area contributed by atoms with Gasteiger partial charge < -0.3 is 14.2 Å². The summed E-state index contributed by atoms with van der Waals surface area (Å²) in [6, 6.07) is 0.106. The van der Waals surface area contributed by atoms with E-state index in [1.165, 1.54) is 12.8 Å². The number of oxazole rings is 1. The number of urea groups is 1. The summed E-state index contributed by atoms with van der Waals surface area (Å²) < 4.78 is 42.9. The standard InChI is InChI=1S/C22H26F3N7O2/c23-22(24,25)15-6-34-16(26-15)5-30-7-21(8-30)11-32(12-21)19(33)31-9-20(10-31)3-14(4-20)18-27-17(28-29-18)13-1-2-13/h6,13-14H,1-5,7-12H2,(H,27,28,29). The van der Waals surface area contributed by atoms with Gasteiger partial charge in [0.05, 0.1) is 6.54 Å². The van der Waals surface area contributed by atoms with Gasteiger partial charge in [-0.2, -0.15) is 18.3 Å². The van der Waals surface area contributed by atoms with E-state index in [1.807, 2.05) is 14.7 Å². The molecule has 7 rings (SSSR count). The Hall–Kier alpha value is -2.63. The first-order valence-corrected chi connectivity index (χ1v) is 11.9. The van der Waals surface area contributed by atoms with Crippen molar-refractivity contribution in [1.82, 2.24) is 34.9 Å². The van der Waals surface area contributed by atoms with Gasteiger partial charge in [-0.25, -0.2) is 14.8 Å². The van der Waals surface area contributed by atoms with E-state index in [4.69, 9.17) is 4.42 Å². The van der Waals surface area contributed by atoms with Gasteiger partial charge in [-0.15, -0.1) is 0 Å². The molecule has 2 saturated carbocycles.